The maximum atomic E-state index is 13.1. The second-order valence-electron chi connectivity index (χ2n) is 4.32. The van der Waals surface area contributed by atoms with Gasteiger partial charge >= 0.3 is 5.97 Å². The fraction of sp³-hybridized carbons (Fsp3) is 0.385. The second kappa shape index (κ2) is 6.84. The van der Waals surface area contributed by atoms with E-state index in [0.717, 1.165) is 18.2 Å². The van der Waals surface area contributed by atoms with Crippen molar-refractivity contribution in [2.24, 2.45) is 11.7 Å². The van der Waals surface area contributed by atoms with Crippen LogP contribution in [0, 0.1) is 11.7 Å². The molecule has 0 aliphatic carbocycles. The van der Waals surface area contributed by atoms with Crippen molar-refractivity contribution < 1.29 is 19.1 Å². The first-order valence-corrected chi connectivity index (χ1v) is 5.99. The molecule has 1 rings (SSSR count). The van der Waals surface area contributed by atoms with E-state index in [1.54, 1.807) is 6.92 Å². The molecule has 0 aliphatic rings. The van der Waals surface area contributed by atoms with Crippen molar-refractivity contribution in [2.45, 2.75) is 19.8 Å². The van der Waals surface area contributed by atoms with Gasteiger partial charge in [0.2, 0.25) is 5.91 Å². The second-order valence-corrected chi connectivity index (χ2v) is 4.32. The van der Waals surface area contributed by atoms with E-state index in [2.05, 4.69) is 5.32 Å². The monoisotopic (exact) mass is 268 g/mol. The highest BCUT2D eigenvalue weighted by atomic mass is 19.1. The molecule has 1 unspecified atom stereocenters. The Balaban J connectivity index is 2.83. The Bertz CT molecular complexity index is 477. The molecule has 0 radical (unpaired) electrons. The maximum absolute atomic E-state index is 13.1. The van der Waals surface area contributed by atoms with E-state index < -0.39 is 11.8 Å². The summed E-state index contributed by atoms with van der Waals surface area (Å²) in [5, 5.41) is 11.4. The SMILES string of the molecule is CC(CCCN)C(=O)Nc1cc(F)ccc1C(=O)O. The summed E-state index contributed by atoms with van der Waals surface area (Å²) in [6, 6.07) is 3.16. The van der Waals surface area contributed by atoms with E-state index >= 15 is 0 Å². The summed E-state index contributed by atoms with van der Waals surface area (Å²) in [4.78, 5) is 22.8. The zero-order chi connectivity index (χ0) is 14.4. The molecule has 1 aromatic rings. The summed E-state index contributed by atoms with van der Waals surface area (Å²) in [5.41, 5.74) is 5.19. The van der Waals surface area contributed by atoms with Crippen LogP contribution in [0.2, 0.25) is 0 Å². The first-order chi connectivity index (χ1) is 8.95. The first-order valence-electron chi connectivity index (χ1n) is 5.99. The predicted molar refractivity (Wildman–Crippen MR) is 69.4 cm³/mol. The van der Waals surface area contributed by atoms with Crippen LogP contribution in [0.4, 0.5) is 10.1 Å². The van der Waals surface area contributed by atoms with E-state index in [1.165, 1.54) is 0 Å². The van der Waals surface area contributed by atoms with Crippen molar-refractivity contribution in [1.82, 2.24) is 0 Å². The van der Waals surface area contributed by atoms with Crippen LogP contribution in [0.1, 0.15) is 30.1 Å². The number of nitrogens with one attached hydrogen (secondary N) is 1. The highest BCUT2D eigenvalue weighted by molar-refractivity contribution is 6.01. The first kappa shape index (κ1) is 15.1. The Morgan fingerprint density at radius 1 is 1.47 bits per heavy atom. The third-order valence-electron chi connectivity index (χ3n) is 2.76. The molecule has 0 fully saturated rings. The fourth-order valence-electron chi connectivity index (χ4n) is 1.62. The molecule has 104 valence electrons. The quantitative estimate of drug-likeness (QED) is 0.734. The molecule has 0 aromatic heterocycles. The predicted octanol–water partition coefficient (Wildman–Crippen LogP) is 1.84. The summed E-state index contributed by atoms with van der Waals surface area (Å²) in [6.45, 7) is 2.20. The van der Waals surface area contributed by atoms with Gasteiger partial charge in [-0.25, -0.2) is 9.18 Å². The molecule has 0 saturated carbocycles. The third-order valence-corrected chi connectivity index (χ3v) is 2.76. The Morgan fingerprint density at radius 2 is 2.16 bits per heavy atom. The number of rotatable bonds is 6. The molecule has 0 saturated heterocycles. The van der Waals surface area contributed by atoms with Gasteiger partial charge in [-0.05, 0) is 37.6 Å². The van der Waals surface area contributed by atoms with Crippen molar-refractivity contribution in [1.29, 1.82) is 0 Å². The molecule has 0 spiro atoms. The number of carbonyl (C=O) groups is 2. The number of carboxylic acid groups (broad SMARTS) is 1. The van der Waals surface area contributed by atoms with Crippen LogP contribution in [0.25, 0.3) is 0 Å². The maximum Gasteiger partial charge on any atom is 0.337 e. The van der Waals surface area contributed by atoms with Crippen LogP contribution in [0.5, 0.6) is 0 Å². The number of amides is 1. The molecule has 6 heteroatoms. The summed E-state index contributed by atoms with van der Waals surface area (Å²) < 4.78 is 13.1. The number of benzene rings is 1. The standard InChI is InChI=1S/C13H17FN2O3/c1-8(3-2-6-15)12(17)16-11-7-9(14)4-5-10(11)13(18)19/h4-5,7-8H,2-3,6,15H2,1H3,(H,16,17)(H,18,19). The van der Waals surface area contributed by atoms with Gasteiger partial charge < -0.3 is 16.2 Å². The van der Waals surface area contributed by atoms with E-state index in [-0.39, 0.29) is 23.1 Å². The van der Waals surface area contributed by atoms with Gasteiger partial charge in [0.05, 0.1) is 11.3 Å². The molecule has 1 aromatic carbocycles. The van der Waals surface area contributed by atoms with Crippen LogP contribution in [0.3, 0.4) is 0 Å². The van der Waals surface area contributed by atoms with Gasteiger partial charge in [0, 0.05) is 5.92 Å². The Labute approximate surface area is 110 Å². The number of anilines is 1. The number of hydrogen-bond donors (Lipinski definition) is 3. The lowest BCUT2D eigenvalue weighted by molar-refractivity contribution is -0.119. The normalized spacial score (nSPS) is 11.9. The lowest BCUT2D eigenvalue weighted by Gasteiger charge is -2.13. The van der Waals surface area contributed by atoms with Gasteiger partial charge in [0.15, 0.2) is 0 Å². The zero-order valence-corrected chi connectivity index (χ0v) is 10.6. The molecule has 19 heavy (non-hydrogen) atoms. The Kier molecular flexibility index (Phi) is 5.44. The lowest BCUT2D eigenvalue weighted by atomic mass is 10.0. The van der Waals surface area contributed by atoms with E-state index in [4.69, 9.17) is 10.8 Å². The summed E-state index contributed by atoms with van der Waals surface area (Å²) in [5.74, 6) is -2.48. The average molecular weight is 268 g/mol. The Hall–Kier alpha value is -1.95. The molecule has 1 atom stereocenters. The van der Waals surface area contributed by atoms with Crippen molar-refractivity contribution in [3.8, 4) is 0 Å². The summed E-state index contributed by atoms with van der Waals surface area (Å²) in [6.07, 6.45) is 1.30. The van der Waals surface area contributed by atoms with Gasteiger partial charge in [-0.1, -0.05) is 6.92 Å². The molecule has 0 aliphatic heterocycles. The number of halogens is 1. The number of nitrogens with two attached hydrogens (primary N) is 1. The smallest absolute Gasteiger partial charge is 0.337 e. The minimum atomic E-state index is -1.22. The summed E-state index contributed by atoms with van der Waals surface area (Å²) >= 11 is 0. The van der Waals surface area contributed by atoms with E-state index in [9.17, 15) is 14.0 Å². The largest absolute Gasteiger partial charge is 0.478 e. The molecular formula is C13H17FN2O3. The number of carbonyl (C=O) groups excluding carboxylic acids is 1. The Morgan fingerprint density at radius 3 is 2.74 bits per heavy atom. The van der Waals surface area contributed by atoms with Crippen molar-refractivity contribution >= 4 is 17.6 Å². The van der Waals surface area contributed by atoms with Crippen molar-refractivity contribution in [3.05, 3.63) is 29.6 Å². The number of aromatic carboxylic acids is 1. The molecule has 1 amide bonds. The van der Waals surface area contributed by atoms with Crippen LogP contribution in [-0.4, -0.2) is 23.5 Å². The van der Waals surface area contributed by atoms with Gasteiger partial charge in [-0.15, -0.1) is 0 Å². The number of hydrogen-bond acceptors (Lipinski definition) is 3. The summed E-state index contributed by atoms with van der Waals surface area (Å²) in [7, 11) is 0. The van der Waals surface area contributed by atoms with Gasteiger partial charge in [-0.2, -0.15) is 0 Å². The molecular weight excluding hydrogens is 251 g/mol. The zero-order valence-electron chi connectivity index (χ0n) is 10.6. The molecule has 0 heterocycles. The fourth-order valence-corrected chi connectivity index (χ4v) is 1.62. The highest BCUT2D eigenvalue weighted by Crippen LogP contribution is 2.19. The topological polar surface area (TPSA) is 92.4 Å². The molecule has 5 nitrogen and oxygen atoms in total. The van der Waals surface area contributed by atoms with Crippen LogP contribution in [0.15, 0.2) is 18.2 Å². The molecule has 0 bridgehead atoms. The third kappa shape index (κ3) is 4.33. The minimum absolute atomic E-state index is 0.0305. The highest BCUT2D eigenvalue weighted by Gasteiger charge is 2.17. The van der Waals surface area contributed by atoms with Gasteiger partial charge in [0.25, 0.3) is 0 Å². The number of carboxylic acids is 1. The van der Waals surface area contributed by atoms with Crippen LogP contribution >= 0.6 is 0 Å². The van der Waals surface area contributed by atoms with Crippen LogP contribution < -0.4 is 11.1 Å². The van der Waals surface area contributed by atoms with E-state index in [1.807, 2.05) is 0 Å². The minimum Gasteiger partial charge on any atom is -0.478 e. The van der Waals surface area contributed by atoms with Gasteiger partial charge in [-0.3, -0.25) is 4.79 Å². The van der Waals surface area contributed by atoms with Crippen LogP contribution in [-0.2, 0) is 4.79 Å². The van der Waals surface area contributed by atoms with E-state index in [0.29, 0.717) is 19.4 Å². The van der Waals surface area contributed by atoms with Gasteiger partial charge in [0.1, 0.15) is 5.82 Å². The van der Waals surface area contributed by atoms with Crippen molar-refractivity contribution in [3.63, 3.8) is 0 Å². The van der Waals surface area contributed by atoms with Crippen molar-refractivity contribution in [2.75, 3.05) is 11.9 Å². The lowest BCUT2D eigenvalue weighted by Crippen LogP contribution is -2.22. The molecule has 4 N–H and O–H groups in total. The average Bonchev–Trinajstić information content (AvgIpc) is 2.35.